The predicted molar refractivity (Wildman–Crippen MR) is 173 cm³/mol. The minimum absolute atomic E-state index is 0.0888. The largest absolute Gasteiger partial charge is 0.598 e. The Labute approximate surface area is 262 Å². The van der Waals surface area contributed by atoms with E-state index < -0.39 is 36.4 Å². The lowest BCUT2D eigenvalue weighted by molar-refractivity contribution is -0.118. The summed E-state index contributed by atoms with van der Waals surface area (Å²) >= 11 is -1.45. The zero-order valence-electron chi connectivity index (χ0n) is 26.7. The molecule has 0 saturated heterocycles. The first-order chi connectivity index (χ1) is 20.4. The van der Waals surface area contributed by atoms with Crippen LogP contribution in [0.25, 0.3) is 28.1 Å². The highest BCUT2D eigenvalue weighted by Crippen LogP contribution is 2.48. The number of rotatable bonds is 9. The van der Waals surface area contributed by atoms with Crippen LogP contribution in [0.4, 0.5) is 8.78 Å². The number of fused-ring (bicyclic) bond motifs is 1. The maximum absolute atomic E-state index is 13.9. The van der Waals surface area contributed by atoms with Gasteiger partial charge in [-0.25, -0.2) is 18.7 Å². The molecule has 1 aliphatic rings. The van der Waals surface area contributed by atoms with Crippen molar-refractivity contribution in [2.75, 3.05) is 0 Å². The van der Waals surface area contributed by atoms with Crippen LogP contribution in [0.2, 0.25) is 18.1 Å². The topological polar surface area (TPSA) is 101 Å². The second-order valence-electron chi connectivity index (χ2n) is 14.2. The molecule has 1 unspecified atom stereocenters. The average Bonchev–Trinajstić information content (AvgIpc) is 3.36. The molecule has 12 heteroatoms. The summed E-state index contributed by atoms with van der Waals surface area (Å²) in [6, 6.07) is 12.7. The molecule has 5 rings (SSSR count). The van der Waals surface area contributed by atoms with E-state index in [1.807, 2.05) is 63.2 Å². The number of alkyl halides is 2. The summed E-state index contributed by atoms with van der Waals surface area (Å²) in [5.74, 6) is -2.63. The fourth-order valence-corrected chi connectivity index (χ4v) is 6.63. The molecule has 3 aromatic heterocycles. The van der Waals surface area contributed by atoms with Gasteiger partial charge in [-0.05, 0) is 69.1 Å². The second-order valence-corrected chi connectivity index (χ2v) is 21.0. The van der Waals surface area contributed by atoms with Gasteiger partial charge in [0.05, 0.1) is 41.4 Å². The van der Waals surface area contributed by atoms with Crippen LogP contribution in [0, 0.1) is 5.92 Å². The third-order valence-electron chi connectivity index (χ3n) is 8.62. The Morgan fingerprint density at radius 3 is 2.48 bits per heavy atom. The summed E-state index contributed by atoms with van der Waals surface area (Å²) in [5, 5.41) is 5.57. The van der Waals surface area contributed by atoms with Crippen molar-refractivity contribution in [1.29, 1.82) is 0 Å². The number of pyridine rings is 1. The Morgan fingerprint density at radius 2 is 1.82 bits per heavy atom. The molecule has 4 aromatic rings. The fraction of sp³-hybridized carbons (Fsp3) is 0.500. The Hall–Kier alpha value is -2.77. The number of nitrogens with zero attached hydrogens (tertiary/aromatic N) is 5. The van der Waals surface area contributed by atoms with Crippen molar-refractivity contribution < 1.29 is 17.8 Å². The van der Waals surface area contributed by atoms with Gasteiger partial charge in [-0.2, -0.15) is 9.78 Å². The van der Waals surface area contributed by atoms with E-state index >= 15 is 0 Å². The molecule has 2 atom stereocenters. The maximum Gasteiger partial charge on any atom is 0.251 e. The van der Waals surface area contributed by atoms with Crippen molar-refractivity contribution in [2.24, 2.45) is 5.92 Å². The van der Waals surface area contributed by atoms with Gasteiger partial charge in [-0.1, -0.05) is 39.0 Å². The molecule has 1 aliphatic carbocycles. The molecule has 236 valence electrons. The van der Waals surface area contributed by atoms with E-state index in [4.69, 9.17) is 14.4 Å². The predicted octanol–water partition coefficient (Wildman–Crippen LogP) is 7.54. The molecule has 44 heavy (non-hydrogen) atoms. The minimum Gasteiger partial charge on any atom is -0.598 e. The molecule has 1 N–H and O–H groups in total. The van der Waals surface area contributed by atoms with Crippen LogP contribution in [0.5, 0.6) is 0 Å². The van der Waals surface area contributed by atoms with E-state index in [1.54, 1.807) is 17.1 Å². The quantitative estimate of drug-likeness (QED) is 0.149. The molecule has 1 saturated carbocycles. The molecule has 0 amide bonds. The van der Waals surface area contributed by atoms with E-state index in [9.17, 15) is 13.3 Å². The van der Waals surface area contributed by atoms with Gasteiger partial charge < -0.3 is 8.98 Å². The summed E-state index contributed by atoms with van der Waals surface area (Å²) in [6.45, 7) is 17.0. The Balaban J connectivity index is 1.44. The van der Waals surface area contributed by atoms with Gasteiger partial charge in [-0.15, -0.1) is 4.72 Å². The van der Waals surface area contributed by atoms with Crippen molar-refractivity contribution in [1.82, 2.24) is 29.5 Å². The summed E-state index contributed by atoms with van der Waals surface area (Å²) in [7, 11) is -1.95. The molecule has 0 spiro atoms. The van der Waals surface area contributed by atoms with Crippen molar-refractivity contribution in [3.63, 3.8) is 0 Å². The molecule has 3 heterocycles. The summed E-state index contributed by atoms with van der Waals surface area (Å²) in [6.07, 6.45) is 2.96. The Bertz CT molecular complexity index is 1630. The first kappa shape index (κ1) is 32.6. The maximum atomic E-state index is 13.9. The lowest BCUT2D eigenvalue weighted by Gasteiger charge is -2.40. The third kappa shape index (κ3) is 7.04. The monoisotopic (exact) mass is 640 g/mol. The molecule has 8 nitrogen and oxygen atoms in total. The number of hydrogen-bond acceptors (Lipinski definition) is 7. The third-order valence-corrected chi connectivity index (χ3v) is 14.7. The first-order valence-corrected chi connectivity index (χ1v) is 19.0. The van der Waals surface area contributed by atoms with Crippen LogP contribution < -0.4 is 4.72 Å². The highest BCUT2D eigenvalue weighted by atomic mass is 32.2. The van der Waals surface area contributed by atoms with Crippen LogP contribution in [0.3, 0.4) is 0 Å². The van der Waals surface area contributed by atoms with Crippen LogP contribution in [0.1, 0.15) is 71.8 Å². The van der Waals surface area contributed by atoms with Crippen molar-refractivity contribution in [3.05, 3.63) is 66.2 Å². The molecular formula is C32H42F2N6O2SSi. The standard InChI is InChI=1S/C32H42F2N6O2SSi/c1-30(2,3)43(41)39-28(23-17-32(33,34)18-23)26-11-9-10-25(38-26)21-12-13-22-19-36-40(27(22)16-21)29-35-15-14-24(37-29)20-42-44(7,8)31(4,5)6/h9-16,19,23,28,39H,17-18,20H2,1-8H3/t28?,43-/m1/s1. The van der Waals surface area contributed by atoms with Gasteiger partial charge in [0.1, 0.15) is 4.75 Å². The minimum atomic E-state index is -2.70. The normalized spacial score (nSPS) is 17.4. The molecular weight excluding hydrogens is 599 g/mol. The van der Waals surface area contributed by atoms with Crippen molar-refractivity contribution >= 4 is 30.6 Å². The summed E-state index contributed by atoms with van der Waals surface area (Å²) < 4.78 is 51.4. The highest BCUT2D eigenvalue weighted by molar-refractivity contribution is 7.90. The van der Waals surface area contributed by atoms with E-state index in [2.05, 4.69) is 48.7 Å². The van der Waals surface area contributed by atoms with Crippen molar-refractivity contribution in [3.8, 4) is 17.2 Å². The SMILES string of the molecule is CC(C)(C)[S@@+]([O-])NC(c1cccc(-c2ccc3cnn(-c4nccc(CO[Si](C)(C)C(C)(C)C)n4)c3c2)n1)C1CC(F)(F)C1. The number of hydrogen-bond donors (Lipinski definition) is 1. The van der Waals surface area contributed by atoms with Crippen LogP contribution in [-0.4, -0.2) is 48.3 Å². The lowest BCUT2D eigenvalue weighted by atomic mass is 9.75. The molecule has 0 aliphatic heterocycles. The van der Waals surface area contributed by atoms with Gasteiger partial charge in [0.25, 0.3) is 5.95 Å². The fourth-order valence-electron chi connectivity index (χ4n) is 4.79. The number of halogens is 2. The number of aromatic nitrogens is 5. The van der Waals surface area contributed by atoms with Crippen LogP contribution >= 0.6 is 0 Å². The van der Waals surface area contributed by atoms with Crippen LogP contribution in [-0.2, 0) is 22.4 Å². The average molecular weight is 641 g/mol. The van der Waals surface area contributed by atoms with E-state index in [0.29, 0.717) is 23.9 Å². The Kier molecular flexibility index (Phi) is 8.80. The number of nitrogens with one attached hydrogen (secondary N) is 1. The highest BCUT2D eigenvalue weighted by Gasteiger charge is 2.51. The molecule has 0 radical (unpaired) electrons. The zero-order valence-corrected chi connectivity index (χ0v) is 28.5. The molecule has 1 fully saturated rings. The molecule has 1 aromatic carbocycles. The van der Waals surface area contributed by atoms with Gasteiger partial charge >= 0.3 is 0 Å². The van der Waals surface area contributed by atoms with Crippen molar-refractivity contribution in [2.45, 2.75) is 95.8 Å². The first-order valence-electron chi connectivity index (χ1n) is 14.9. The van der Waals surface area contributed by atoms with Gasteiger partial charge in [0.15, 0.2) is 8.32 Å². The number of benzene rings is 1. The smallest absolute Gasteiger partial charge is 0.251 e. The summed E-state index contributed by atoms with van der Waals surface area (Å²) in [4.78, 5) is 14.1. The Morgan fingerprint density at radius 1 is 1.09 bits per heavy atom. The van der Waals surface area contributed by atoms with E-state index in [0.717, 1.165) is 22.2 Å². The van der Waals surface area contributed by atoms with Gasteiger partial charge in [-0.3, -0.25) is 4.98 Å². The zero-order chi connectivity index (χ0) is 32.1. The van der Waals surface area contributed by atoms with E-state index in [-0.39, 0.29) is 23.8 Å². The lowest BCUT2D eigenvalue weighted by Crippen LogP contribution is -2.48. The van der Waals surface area contributed by atoms with E-state index in [1.165, 1.54) is 0 Å². The van der Waals surface area contributed by atoms with Gasteiger partial charge in [0, 0.05) is 41.4 Å². The summed E-state index contributed by atoms with van der Waals surface area (Å²) in [5.41, 5.74) is 3.68. The van der Waals surface area contributed by atoms with Gasteiger partial charge in [0.2, 0.25) is 5.92 Å². The molecule has 0 bridgehead atoms. The second kappa shape index (κ2) is 11.9. The van der Waals surface area contributed by atoms with Crippen LogP contribution in [0.15, 0.2) is 54.9 Å².